The largest absolute Gasteiger partial charge is 0.461 e. The van der Waals surface area contributed by atoms with Gasteiger partial charge in [0, 0.05) is 19.8 Å². The first kappa shape index (κ1) is 17.4. The fourth-order valence-corrected chi connectivity index (χ4v) is 1.57. The van der Waals surface area contributed by atoms with Gasteiger partial charge in [-0.05, 0) is 27.7 Å². The van der Waals surface area contributed by atoms with Crippen LogP contribution in [0.15, 0.2) is 0 Å². The third-order valence-electron chi connectivity index (χ3n) is 2.86. The predicted octanol–water partition coefficient (Wildman–Crippen LogP) is 0.936. The molecule has 0 aliphatic carbocycles. The van der Waals surface area contributed by atoms with E-state index in [-0.39, 0.29) is 24.6 Å². The van der Waals surface area contributed by atoms with Crippen molar-refractivity contribution < 1.29 is 13.2 Å². The molecule has 1 heterocycles. The second-order valence-corrected chi connectivity index (χ2v) is 8.22. The summed E-state index contributed by atoms with van der Waals surface area (Å²) in [5.74, 6) is 0.613. The molecule has 0 atom stereocenters. The quantitative estimate of drug-likeness (QED) is 0.765. The smallest absolute Gasteiger partial charge is 0.323 e. The van der Waals surface area contributed by atoms with Crippen LogP contribution in [0.5, 0.6) is 6.01 Å². The summed E-state index contributed by atoms with van der Waals surface area (Å²) in [6.45, 7) is 7.19. The molecule has 0 bridgehead atoms. The maximum Gasteiger partial charge on any atom is 0.323 e. The standard InChI is InChI=1S/C12H23N5O3S/c1-8(2)20-11-16-9(13-5)15-10(17-11)14-7-12(3,4)21(6,18)19/h8H,7H2,1-6H3,(H2,13,14,15,16,17). The lowest BCUT2D eigenvalue weighted by molar-refractivity contribution is 0.222. The number of hydrogen-bond acceptors (Lipinski definition) is 8. The van der Waals surface area contributed by atoms with E-state index >= 15 is 0 Å². The van der Waals surface area contributed by atoms with Crippen LogP contribution in [0.4, 0.5) is 11.9 Å². The maximum atomic E-state index is 11.7. The Bertz CT molecular complexity index is 587. The Hall–Kier alpha value is -1.64. The Kier molecular flexibility index (Phi) is 5.32. The van der Waals surface area contributed by atoms with Crippen LogP contribution in [0, 0.1) is 0 Å². The van der Waals surface area contributed by atoms with Crippen LogP contribution in [-0.2, 0) is 9.84 Å². The summed E-state index contributed by atoms with van der Waals surface area (Å²) in [4.78, 5) is 12.3. The van der Waals surface area contributed by atoms with E-state index in [1.165, 1.54) is 6.26 Å². The highest BCUT2D eigenvalue weighted by Gasteiger charge is 2.30. The molecule has 0 fully saturated rings. The van der Waals surface area contributed by atoms with Gasteiger partial charge >= 0.3 is 6.01 Å². The number of anilines is 2. The fourth-order valence-electron chi connectivity index (χ4n) is 1.23. The molecule has 0 aliphatic heterocycles. The molecule has 0 spiro atoms. The summed E-state index contributed by atoms with van der Waals surface area (Å²) < 4.78 is 27.9. The summed E-state index contributed by atoms with van der Waals surface area (Å²) in [6.07, 6.45) is 1.13. The lowest BCUT2D eigenvalue weighted by atomic mass is 10.2. The summed E-state index contributed by atoms with van der Waals surface area (Å²) in [6, 6.07) is 0.184. The van der Waals surface area contributed by atoms with E-state index in [9.17, 15) is 8.42 Å². The normalized spacial score (nSPS) is 12.3. The van der Waals surface area contributed by atoms with Gasteiger partial charge in [-0.25, -0.2) is 8.42 Å². The molecule has 0 aliphatic rings. The van der Waals surface area contributed by atoms with Crippen molar-refractivity contribution in [3.63, 3.8) is 0 Å². The van der Waals surface area contributed by atoms with Gasteiger partial charge in [0.15, 0.2) is 9.84 Å². The highest BCUT2D eigenvalue weighted by molar-refractivity contribution is 7.92. The van der Waals surface area contributed by atoms with Crippen molar-refractivity contribution in [3.05, 3.63) is 0 Å². The molecule has 120 valence electrons. The van der Waals surface area contributed by atoms with Crippen LogP contribution in [0.25, 0.3) is 0 Å². The van der Waals surface area contributed by atoms with Crippen LogP contribution < -0.4 is 15.4 Å². The van der Waals surface area contributed by atoms with Gasteiger partial charge in [0.2, 0.25) is 11.9 Å². The number of nitrogens with zero attached hydrogens (tertiary/aromatic N) is 3. The molecule has 0 aromatic carbocycles. The van der Waals surface area contributed by atoms with E-state index in [1.54, 1.807) is 20.9 Å². The van der Waals surface area contributed by atoms with E-state index in [0.717, 1.165) is 0 Å². The Morgan fingerprint density at radius 3 is 2.24 bits per heavy atom. The molecular formula is C12H23N5O3S. The van der Waals surface area contributed by atoms with Gasteiger partial charge in [0.1, 0.15) is 0 Å². The molecule has 9 heteroatoms. The van der Waals surface area contributed by atoms with Crippen molar-refractivity contribution in [1.82, 2.24) is 15.0 Å². The van der Waals surface area contributed by atoms with Crippen LogP contribution in [0.1, 0.15) is 27.7 Å². The number of ether oxygens (including phenoxy) is 1. The van der Waals surface area contributed by atoms with Gasteiger partial charge in [0.05, 0.1) is 10.9 Å². The number of hydrogen-bond donors (Lipinski definition) is 2. The van der Waals surface area contributed by atoms with Gasteiger partial charge in [-0.3, -0.25) is 0 Å². The average molecular weight is 317 g/mol. The van der Waals surface area contributed by atoms with E-state index in [2.05, 4.69) is 25.6 Å². The first-order chi connectivity index (χ1) is 9.55. The molecular weight excluding hydrogens is 294 g/mol. The molecule has 0 radical (unpaired) electrons. The van der Waals surface area contributed by atoms with Crippen molar-refractivity contribution in [2.45, 2.75) is 38.5 Å². The molecule has 1 aromatic rings. The summed E-state index contributed by atoms with van der Waals surface area (Å²) >= 11 is 0. The van der Waals surface area contributed by atoms with E-state index in [1.807, 2.05) is 13.8 Å². The van der Waals surface area contributed by atoms with Gasteiger partial charge < -0.3 is 15.4 Å². The van der Waals surface area contributed by atoms with Crippen molar-refractivity contribution in [1.29, 1.82) is 0 Å². The molecule has 0 saturated carbocycles. The number of rotatable bonds is 7. The van der Waals surface area contributed by atoms with Crippen molar-refractivity contribution in [2.24, 2.45) is 0 Å². The summed E-state index contributed by atoms with van der Waals surface area (Å²) in [7, 11) is -1.52. The van der Waals surface area contributed by atoms with Crippen LogP contribution >= 0.6 is 0 Å². The minimum absolute atomic E-state index is 0.0718. The van der Waals surface area contributed by atoms with Crippen molar-refractivity contribution >= 4 is 21.7 Å². The Labute approximate surface area is 125 Å². The van der Waals surface area contributed by atoms with E-state index in [4.69, 9.17) is 4.74 Å². The summed E-state index contributed by atoms with van der Waals surface area (Å²) in [5, 5.41) is 5.73. The fraction of sp³-hybridized carbons (Fsp3) is 0.750. The third-order valence-corrected chi connectivity index (χ3v) is 5.01. The van der Waals surface area contributed by atoms with Gasteiger partial charge in [-0.2, -0.15) is 15.0 Å². The Morgan fingerprint density at radius 1 is 1.19 bits per heavy atom. The zero-order valence-corrected chi connectivity index (χ0v) is 14.1. The first-order valence-electron chi connectivity index (χ1n) is 6.59. The van der Waals surface area contributed by atoms with Gasteiger partial charge in [-0.1, -0.05) is 0 Å². The number of sulfone groups is 1. The maximum absolute atomic E-state index is 11.7. The topological polar surface area (TPSA) is 106 Å². The van der Waals surface area contributed by atoms with Gasteiger partial charge in [0.25, 0.3) is 0 Å². The highest BCUT2D eigenvalue weighted by atomic mass is 32.2. The van der Waals surface area contributed by atoms with E-state index in [0.29, 0.717) is 5.95 Å². The van der Waals surface area contributed by atoms with Crippen molar-refractivity contribution in [2.75, 3.05) is 30.5 Å². The zero-order chi connectivity index (χ0) is 16.3. The SMILES string of the molecule is CNc1nc(NCC(C)(C)S(C)(=O)=O)nc(OC(C)C)n1. The van der Waals surface area contributed by atoms with Crippen LogP contribution in [-0.4, -0.2) is 54.1 Å². The minimum atomic E-state index is -3.20. The van der Waals surface area contributed by atoms with E-state index < -0.39 is 14.6 Å². The second-order valence-electron chi connectivity index (χ2n) is 5.57. The minimum Gasteiger partial charge on any atom is -0.461 e. The monoisotopic (exact) mass is 317 g/mol. The highest BCUT2D eigenvalue weighted by Crippen LogP contribution is 2.17. The Morgan fingerprint density at radius 2 is 1.76 bits per heavy atom. The molecule has 1 aromatic heterocycles. The zero-order valence-electron chi connectivity index (χ0n) is 13.3. The summed E-state index contributed by atoms with van der Waals surface area (Å²) in [5.41, 5.74) is 0. The molecule has 0 amide bonds. The van der Waals surface area contributed by atoms with Crippen molar-refractivity contribution in [3.8, 4) is 6.01 Å². The molecule has 1 rings (SSSR count). The average Bonchev–Trinajstić information content (AvgIpc) is 2.34. The number of aromatic nitrogens is 3. The lowest BCUT2D eigenvalue weighted by Gasteiger charge is -2.22. The van der Waals surface area contributed by atoms with Gasteiger partial charge in [-0.15, -0.1) is 0 Å². The number of nitrogens with one attached hydrogen (secondary N) is 2. The second kappa shape index (κ2) is 6.42. The third kappa shape index (κ3) is 5.00. The van der Waals surface area contributed by atoms with Crippen LogP contribution in [0.2, 0.25) is 0 Å². The molecule has 0 unspecified atom stereocenters. The molecule has 0 saturated heterocycles. The molecule has 8 nitrogen and oxygen atoms in total. The first-order valence-corrected chi connectivity index (χ1v) is 8.48. The molecule has 2 N–H and O–H groups in total. The predicted molar refractivity (Wildman–Crippen MR) is 82.6 cm³/mol. The lowest BCUT2D eigenvalue weighted by Crippen LogP contribution is -2.38. The Balaban J connectivity index is 2.93. The van der Waals surface area contributed by atoms with Crippen LogP contribution in [0.3, 0.4) is 0 Å². The molecule has 21 heavy (non-hydrogen) atoms.